The largest absolute Gasteiger partial charge is 0.387 e. The summed E-state index contributed by atoms with van der Waals surface area (Å²) in [5, 5.41) is 39.5. The van der Waals surface area contributed by atoms with Crippen LogP contribution in [-0.2, 0) is 9.59 Å². The van der Waals surface area contributed by atoms with Crippen LogP contribution in [-0.4, -0.2) is 56.7 Å². The van der Waals surface area contributed by atoms with Gasteiger partial charge in [0.1, 0.15) is 12.2 Å². The van der Waals surface area contributed by atoms with Crippen molar-refractivity contribution in [3.05, 3.63) is 60.7 Å². The molecule has 0 bridgehead atoms. The number of aliphatic hydroxyl groups excluding tert-OH is 4. The number of carbonyl (C=O) groups is 2. The standard InChI is InChI=1S/C18H22N4O6/c23-13(15(25)17(27)21-19-11-7-3-1-4-8-11)14(24)16(26)18(28)22-20-12-9-5-2-6-10-12/h1-10,13-16,19-20,23-26H,(H,21,27)(H,22,28). The van der Waals surface area contributed by atoms with Crippen molar-refractivity contribution in [3.8, 4) is 0 Å². The molecule has 8 N–H and O–H groups in total. The van der Waals surface area contributed by atoms with Crippen molar-refractivity contribution in [1.29, 1.82) is 0 Å². The molecule has 10 nitrogen and oxygen atoms in total. The number of anilines is 2. The van der Waals surface area contributed by atoms with Crippen LogP contribution in [0.1, 0.15) is 0 Å². The van der Waals surface area contributed by atoms with E-state index in [4.69, 9.17) is 0 Å². The van der Waals surface area contributed by atoms with Gasteiger partial charge in [0, 0.05) is 0 Å². The first-order valence-electron chi connectivity index (χ1n) is 8.34. The van der Waals surface area contributed by atoms with Crippen molar-refractivity contribution in [1.82, 2.24) is 10.9 Å². The molecule has 0 heterocycles. The Morgan fingerprint density at radius 3 is 1.25 bits per heavy atom. The average molecular weight is 390 g/mol. The Morgan fingerprint density at radius 1 is 0.607 bits per heavy atom. The van der Waals surface area contributed by atoms with Crippen molar-refractivity contribution in [3.63, 3.8) is 0 Å². The number of para-hydroxylation sites is 2. The zero-order chi connectivity index (χ0) is 20.5. The van der Waals surface area contributed by atoms with Gasteiger partial charge in [-0.05, 0) is 24.3 Å². The molecule has 2 aromatic rings. The molecule has 0 fully saturated rings. The lowest BCUT2D eigenvalue weighted by atomic mass is 10.0. The van der Waals surface area contributed by atoms with Crippen LogP contribution in [0.2, 0.25) is 0 Å². The van der Waals surface area contributed by atoms with Crippen LogP contribution >= 0.6 is 0 Å². The third-order valence-electron chi connectivity index (χ3n) is 3.74. The molecule has 10 heteroatoms. The lowest BCUT2D eigenvalue weighted by Crippen LogP contribution is -2.55. The van der Waals surface area contributed by atoms with E-state index in [-0.39, 0.29) is 0 Å². The predicted molar refractivity (Wildman–Crippen MR) is 100 cm³/mol. The van der Waals surface area contributed by atoms with Gasteiger partial charge in [-0.2, -0.15) is 0 Å². The van der Waals surface area contributed by atoms with Crippen LogP contribution in [0.25, 0.3) is 0 Å². The van der Waals surface area contributed by atoms with Crippen LogP contribution < -0.4 is 21.7 Å². The van der Waals surface area contributed by atoms with Crippen LogP contribution in [0, 0.1) is 0 Å². The number of hydrazine groups is 2. The van der Waals surface area contributed by atoms with Gasteiger partial charge in [0.05, 0.1) is 11.4 Å². The number of hydrogen-bond donors (Lipinski definition) is 8. The Morgan fingerprint density at radius 2 is 0.929 bits per heavy atom. The van der Waals surface area contributed by atoms with E-state index >= 15 is 0 Å². The van der Waals surface area contributed by atoms with Crippen LogP contribution in [0.5, 0.6) is 0 Å². The highest BCUT2D eigenvalue weighted by Crippen LogP contribution is 2.08. The first-order chi connectivity index (χ1) is 13.4. The molecule has 0 aliphatic carbocycles. The molecule has 2 rings (SSSR count). The van der Waals surface area contributed by atoms with E-state index in [0.29, 0.717) is 11.4 Å². The topological polar surface area (TPSA) is 163 Å². The average Bonchev–Trinajstić information content (AvgIpc) is 2.75. The van der Waals surface area contributed by atoms with Crippen molar-refractivity contribution < 1.29 is 30.0 Å². The molecule has 0 spiro atoms. The number of aliphatic hydroxyl groups is 4. The Labute approximate surface area is 160 Å². The van der Waals surface area contributed by atoms with E-state index in [2.05, 4.69) is 21.7 Å². The highest BCUT2D eigenvalue weighted by Gasteiger charge is 2.37. The van der Waals surface area contributed by atoms with Crippen molar-refractivity contribution in [2.75, 3.05) is 10.9 Å². The molecule has 2 aromatic carbocycles. The third kappa shape index (κ3) is 5.93. The third-order valence-corrected chi connectivity index (χ3v) is 3.74. The van der Waals surface area contributed by atoms with Crippen molar-refractivity contribution >= 4 is 23.2 Å². The summed E-state index contributed by atoms with van der Waals surface area (Å²) in [6.45, 7) is 0. The molecule has 0 saturated carbocycles. The normalized spacial score (nSPS) is 14.9. The van der Waals surface area contributed by atoms with E-state index < -0.39 is 36.2 Å². The SMILES string of the molecule is O=C(NNc1ccccc1)C(O)C(O)C(O)C(O)C(=O)NNc1ccccc1. The summed E-state index contributed by atoms with van der Waals surface area (Å²) in [5.41, 5.74) is 10.3. The zero-order valence-corrected chi connectivity index (χ0v) is 14.7. The van der Waals surface area contributed by atoms with Gasteiger partial charge in [0.15, 0.2) is 12.2 Å². The monoisotopic (exact) mass is 390 g/mol. The van der Waals surface area contributed by atoms with Crippen LogP contribution in [0.4, 0.5) is 11.4 Å². The number of nitrogens with one attached hydrogen (secondary N) is 4. The number of benzene rings is 2. The van der Waals surface area contributed by atoms with Gasteiger partial charge >= 0.3 is 0 Å². The second-order valence-electron chi connectivity index (χ2n) is 5.83. The first kappa shape index (κ1) is 21.1. The van der Waals surface area contributed by atoms with Gasteiger partial charge in [-0.15, -0.1) is 0 Å². The smallest absolute Gasteiger partial charge is 0.269 e. The molecule has 0 aromatic heterocycles. The highest BCUT2D eigenvalue weighted by molar-refractivity contribution is 5.84. The van der Waals surface area contributed by atoms with Gasteiger partial charge < -0.3 is 20.4 Å². The van der Waals surface area contributed by atoms with E-state index in [1.54, 1.807) is 60.7 Å². The molecule has 2 amide bonds. The van der Waals surface area contributed by atoms with Crippen molar-refractivity contribution in [2.45, 2.75) is 24.4 Å². The van der Waals surface area contributed by atoms with Crippen molar-refractivity contribution in [2.24, 2.45) is 0 Å². The molecule has 4 atom stereocenters. The van der Waals surface area contributed by atoms with E-state index in [1.165, 1.54) is 0 Å². The number of hydrogen-bond acceptors (Lipinski definition) is 8. The molecular weight excluding hydrogens is 368 g/mol. The minimum Gasteiger partial charge on any atom is -0.387 e. The van der Waals surface area contributed by atoms with Gasteiger partial charge in [0.25, 0.3) is 11.8 Å². The Bertz CT molecular complexity index is 696. The maximum atomic E-state index is 11.9. The number of amides is 2. The predicted octanol–water partition coefficient (Wildman–Crippen LogP) is -1.28. The molecule has 4 unspecified atom stereocenters. The molecule has 28 heavy (non-hydrogen) atoms. The zero-order valence-electron chi connectivity index (χ0n) is 14.7. The summed E-state index contributed by atoms with van der Waals surface area (Å²) in [6.07, 6.45) is -8.43. The van der Waals surface area contributed by atoms with Gasteiger partial charge in [-0.1, -0.05) is 36.4 Å². The lowest BCUT2D eigenvalue weighted by Gasteiger charge is -2.25. The summed E-state index contributed by atoms with van der Waals surface area (Å²) >= 11 is 0. The second kappa shape index (κ2) is 10.2. The summed E-state index contributed by atoms with van der Waals surface area (Å²) in [7, 11) is 0. The molecule has 0 saturated heterocycles. The first-order valence-corrected chi connectivity index (χ1v) is 8.34. The minimum atomic E-state index is -2.12. The minimum absolute atomic E-state index is 0.518. The fraction of sp³-hybridized carbons (Fsp3) is 0.222. The Kier molecular flexibility index (Phi) is 7.72. The Balaban J connectivity index is 1.83. The maximum absolute atomic E-state index is 11.9. The Hall–Kier alpha value is -3.18. The summed E-state index contributed by atoms with van der Waals surface area (Å²) in [5.74, 6) is -2.13. The van der Waals surface area contributed by atoms with Gasteiger partial charge in [-0.3, -0.25) is 31.3 Å². The second-order valence-corrected chi connectivity index (χ2v) is 5.83. The van der Waals surface area contributed by atoms with E-state index in [1.807, 2.05) is 0 Å². The molecule has 0 aliphatic rings. The highest BCUT2D eigenvalue weighted by atomic mass is 16.4. The molecule has 0 radical (unpaired) electrons. The molecule has 150 valence electrons. The van der Waals surface area contributed by atoms with Gasteiger partial charge in [0.2, 0.25) is 0 Å². The van der Waals surface area contributed by atoms with Crippen LogP contribution in [0.3, 0.4) is 0 Å². The quantitative estimate of drug-likeness (QED) is 0.245. The van der Waals surface area contributed by atoms with E-state index in [0.717, 1.165) is 0 Å². The molecular formula is C18H22N4O6. The summed E-state index contributed by atoms with van der Waals surface area (Å²) in [6, 6.07) is 16.9. The lowest BCUT2D eigenvalue weighted by molar-refractivity contribution is -0.154. The fourth-order valence-electron chi connectivity index (χ4n) is 2.14. The fourth-order valence-corrected chi connectivity index (χ4v) is 2.14. The summed E-state index contributed by atoms with van der Waals surface area (Å²) in [4.78, 5) is 23.8. The molecule has 0 aliphatic heterocycles. The van der Waals surface area contributed by atoms with E-state index in [9.17, 15) is 30.0 Å². The van der Waals surface area contributed by atoms with Gasteiger partial charge in [-0.25, -0.2) is 0 Å². The van der Waals surface area contributed by atoms with Crippen LogP contribution in [0.15, 0.2) is 60.7 Å². The number of rotatable bonds is 9. The summed E-state index contributed by atoms with van der Waals surface area (Å²) < 4.78 is 0. The number of carbonyl (C=O) groups excluding carboxylic acids is 2. The maximum Gasteiger partial charge on any atom is 0.269 e.